The van der Waals surface area contributed by atoms with Crippen LogP contribution in [-0.4, -0.2) is 22.7 Å². The second-order valence-electron chi connectivity index (χ2n) is 3.90. The van der Waals surface area contributed by atoms with E-state index in [1.165, 1.54) is 11.3 Å². The van der Waals surface area contributed by atoms with E-state index in [1.54, 1.807) is 12.1 Å². The topological polar surface area (TPSA) is 64.1 Å². The number of anilines is 1. The molecule has 0 atom stereocenters. The van der Waals surface area contributed by atoms with E-state index in [4.69, 9.17) is 4.74 Å². The van der Waals surface area contributed by atoms with Gasteiger partial charge < -0.3 is 4.74 Å². The first-order valence-corrected chi connectivity index (χ1v) is 6.89. The molecule has 1 aromatic carbocycles. The lowest BCUT2D eigenvalue weighted by Crippen LogP contribution is -2.20. The van der Waals surface area contributed by atoms with Crippen molar-refractivity contribution in [1.82, 2.24) is 10.2 Å². The predicted molar refractivity (Wildman–Crippen MR) is 74.5 cm³/mol. The van der Waals surface area contributed by atoms with Gasteiger partial charge in [0.25, 0.3) is 5.91 Å². The van der Waals surface area contributed by atoms with Gasteiger partial charge in [-0.3, -0.25) is 10.1 Å². The number of para-hydroxylation sites is 1. The third-order valence-corrected chi connectivity index (χ3v) is 3.19. The number of carbonyl (C=O) groups is 1. The van der Waals surface area contributed by atoms with E-state index in [0.717, 1.165) is 17.8 Å². The molecule has 2 aromatic rings. The van der Waals surface area contributed by atoms with Crippen molar-refractivity contribution in [3.63, 3.8) is 0 Å². The van der Waals surface area contributed by atoms with Crippen LogP contribution in [0.2, 0.25) is 0 Å². The molecule has 2 rings (SSSR count). The third-order valence-electron chi connectivity index (χ3n) is 2.29. The number of hydrogen-bond acceptors (Lipinski definition) is 5. The predicted octanol–water partition coefficient (Wildman–Crippen LogP) is 2.51. The molecule has 6 heteroatoms. The number of aryl methyl sites for hydroxylation is 1. The highest BCUT2D eigenvalue weighted by Crippen LogP contribution is 2.16. The first-order chi connectivity index (χ1) is 9.28. The number of rotatable bonds is 6. The Kier molecular flexibility index (Phi) is 4.85. The Labute approximate surface area is 115 Å². The van der Waals surface area contributed by atoms with Gasteiger partial charge in [-0.25, -0.2) is 0 Å². The number of nitrogens with zero attached hydrogens (tertiary/aromatic N) is 2. The molecule has 0 aliphatic carbocycles. The van der Waals surface area contributed by atoms with Gasteiger partial charge in [0.15, 0.2) is 6.61 Å². The molecule has 1 heterocycles. The van der Waals surface area contributed by atoms with Gasteiger partial charge in [0.05, 0.1) is 0 Å². The number of amides is 1. The Balaban J connectivity index is 1.80. The zero-order valence-corrected chi connectivity index (χ0v) is 11.4. The first kappa shape index (κ1) is 13.5. The molecule has 19 heavy (non-hydrogen) atoms. The van der Waals surface area contributed by atoms with E-state index in [2.05, 4.69) is 22.4 Å². The normalized spacial score (nSPS) is 10.2. The summed E-state index contributed by atoms with van der Waals surface area (Å²) in [5, 5.41) is 12.0. The highest BCUT2D eigenvalue weighted by atomic mass is 32.1. The Morgan fingerprint density at radius 3 is 2.84 bits per heavy atom. The zero-order chi connectivity index (χ0) is 13.5. The average molecular weight is 277 g/mol. The lowest BCUT2D eigenvalue weighted by atomic mass is 10.3. The van der Waals surface area contributed by atoms with E-state index < -0.39 is 0 Å². The second kappa shape index (κ2) is 6.84. The Morgan fingerprint density at radius 1 is 1.32 bits per heavy atom. The average Bonchev–Trinajstić information content (AvgIpc) is 2.85. The molecule has 0 saturated carbocycles. The van der Waals surface area contributed by atoms with Crippen LogP contribution < -0.4 is 10.1 Å². The summed E-state index contributed by atoms with van der Waals surface area (Å²) in [6, 6.07) is 9.21. The summed E-state index contributed by atoms with van der Waals surface area (Å²) in [6.07, 6.45) is 1.90. The lowest BCUT2D eigenvalue weighted by molar-refractivity contribution is -0.118. The van der Waals surface area contributed by atoms with Crippen molar-refractivity contribution in [2.45, 2.75) is 19.8 Å². The number of ether oxygens (including phenoxy) is 1. The molecule has 0 bridgehead atoms. The SMILES string of the molecule is CCCc1nnc(NC(=O)COc2ccccc2)s1. The van der Waals surface area contributed by atoms with Crippen molar-refractivity contribution < 1.29 is 9.53 Å². The Morgan fingerprint density at radius 2 is 2.11 bits per heavy atom. The molecule has 0 spiro atoms. The van der Waals surface area contributed by atoms with Gasteiger partial charge in [0, 0.05) is 6.42 Å². The summed E-state index contributed by atoms with van der Waals surface area (Å²) in [7, 11) is 0. The van der Waals surface area contributed by atoms with Crippen LogP contribution in [0.1, 0.15) is 18.4 Å². The summed E-state index contributed by atoms with van der Waals surface area (Å²) < 4.78 is 5.34. The van der Waals surface area contributed by atoms with Crippen molar-refractivity contribution in [2.75, 3.05) is 11.9 Å². The van der Waals surface area contributed by atoms with Crippen molar-refractivity contribution >= 4 is 22.4 Å². The first-order valence-electron chi connectivity index (χ1n) is 6.08. The molecule has 100 valence electrons. The molecular formula is C13H15N3O2S. The van der Waals surface area contributed by atoms with Gasteiger partial charge in [-0.2, -0.15) is 0 Å². The van der Waals surface area contributed by atoms with Crippen molar-refractivity contribution in [3.05, 3.63) is 35.3 Å². The van der Waals surface area contributed by atoms with Crippen LogP contribution in [0.15, 0.2) is 30.3 Å². The molecule has 0 aliphatic rings. The van der Waals surface area contributed by atoms with E-state index in [1.807, 2.05) is 18.2 Å². The van der Waals surface area contributed by atoms with Crippen LogP contribution >= 0.6 is 11.3 Å². The lowest BCUT2D eigenvalue weighted by Gasteiger charge is -2.04. The van der Waals surface area contributed by atoms with Gasteiger partial charge in [0.2, 0.25) is 5.13 Å². The van der Waals surface area contributed by atoms with Gasteiger partial charge in [-0.1, -0.05) is 36.5 Å². The smallest absolute Gasteiger partial charge is 0.264 e. The molecule has 5 nitrogen and oxygen atoms in total. The Bertz CT molecular complexity index is 528. The highest BCUT2D eigenvalue weighted by Gasteiger charge is 2.08. The molecule has 1 aromatic heterocycles. The third kappa shape index (κ3) is 4.33. The Hall–Kier alpha value is -1.95. The number of nitrogens with one attached hydrogen (secondary N) is 1. The fraction of sp³-hybridized carbons (Fsp3) is 0.308. The molecule has 0 radical (unpaired) electrons. The van der Waals surface area contributed by atoms with E-state index in [0.29, 0.717) is 10.9 Å². The maximum Gasteiger partial charge on any atom is 0.264 e. The summed E-state index contributed by atoms with van der Waals surface area (Å²) in [4.78, 5) is 11.7. The fourth-order valence-corrected chi connectivity index (χ4v) is 2.30. The maximum atomic E-state index is 11.7. The van der Waals surface area contributed by atoms with Crippen molar-refractivity contribution in [1.29, 1.82) is 0 Å². The molecule has 0 aliphatic heterocycles. The van der Waals surface area contributed by atoms with Crippen molar-refractivity contribution in [2.24, 2.45) is 0 Å². The van der Waals surface area contributed by atoms with Crippen molar-refractivity contribution in [3.8, 4) is 5.75 Å². The number of carbonyl (C=O) groups excluding carboxylic acids is 1. The van der Waals surface area contributed by atoms with E-state index >= 15 is 0 Å². The fourth-order valence-electron chi connectivity index (χ4n) is 1.44. The molecule has 1 amide bonds. The van der Waals surface area contributed by atoms with Crippen LogP contribution in [0.3, 0.4) is 0 Å². The minimum absolute atomic E-state index is 0.0350. The maximum absolute atomic E-state index is 11.7. The van der Waals surface area contributed by atoms with E-state index in [9.17, 15) is 4.79 Å². The summed E-state index contributed by atoms with van der Waals surface area (Å²) >= 11 is 1.40. The van der Waals surface area contributed by atoms with Crippen LogP contribution in [0.5, 0.6) is 5.75 Å². The number of aromatic nitrogens is 2. The minimum Gasteiger partial charge on any atom is -0.484 e. The summed E-state index contributed by atoms with van der Waals surface area (Å²) in [6.45, 7) is 2.04. The number of hydrogen-bond donors (Lipinski definition) is 1. The summed E-state index contributed by atoms with van der Waals surface area (Å²) in [5.41, 5.74) is 0. The highest BCUT2D eigenvalue weighted by molar-refractivity contribution is 7.15. The zero-order valence-electron chi connectivity index (χ0n) is 10.6. The van der Waals surface area contributed by atoms with Crippen LogP contribution in [0.25, 0.3) is 0 Å². The van der Waals surface area contributed by atoms with Crippen LogP contribution in [0.4, 0.5) is 5.13 Å². The van der Waals surface area contributed by atoms with E-state index in [-0.39, 0.29) is 12.5 Å². The van der Waals surface area contributed by atoms with Crippen LogP contribution in [-0.2, 0) is 11.2 Å². The molecule has 1 N–H and O–H groups in total. The largest absolute Gasteiger partial charge is 0.484 e. The standard InChI is InChI=1S/C13H15N3O2S/c1-2-6-12-15-16-13(19-12)14-11(17)9-18-10-7-4-3-5-8-10/h3-5,7-8H,2,6,9H2,1H3,(H,14,16,17). The molecular weight excluding hydrogens is 262 g/mol. The molecule has 0 unspecified atom stereocenters. The molecule has 0 fully saturated rings. The van der Waals surface area contributed by atoms with Gasteiger partial charge in [-0.15, -0.1) is 10.2 Å². The second-order valence-corrected chi connectivity index (χ2v) is 4.96. The quantitative estimate of drug-likeness (QED) is 0.881. The van der Waals surface area contributed by atoms with Gasteiger partial charge in [0.1, 0.15) is 10.8 Å². The van der Waals surface area contributed by atoms with Gasteiger partial charge in [-0.05, 0) is 18.6 Å². The van der Waals surface area contributed by atoms with Crippen LogP contribution in [0, 0.1) is 0 Å². The summed E-state index contributed by atoms with van der Waals surface area (Å²) in [5.74, 6) is 0.435. The van der Waals surface area contributed by atoms with Gasteiger partial charge >= 0.3 is 0 Å². The molecule has 0 saturated heterocycles. The monoisotopic (exact) mass is 277 g/mol. The minimum atomic E-state index is -0.233. The number of benzene rings is 1.